The zero-order valence-electron chi connectivity index (χ0n) is 10.3. The minimum absolute atomic E-state index is 0.0265. The number of carboxylic acid groups (broad SMARTS) is 1. The highest BCUT2D eigenvalue weighted by atomic mass is 35.5. The number of halogens is 2. The number of hydrogen-bond donors (Lipinski definition) is 0. The Morgan fingerprint density at radius 1 is 1.19 bits per heavy atom. The van der Waals surface area contributed by atoms with E-state index in [1.54, 1.807) is 0 Å². The third-order valence-electron chi connectivity index (χ3n) is 2.80. The van der Waals surface area contributed by atoms with Gasteiger partial charge in [-0.3, -0.25) is 14.5 Å². The van der Waals surface area contributed by atoms with E-state index >= 15 is 0 Å². The van der Waals surface area contributed by atoms with Gasteiger partial charge in [0, 0.05) is 10.6 Å². The molecule has 0 N–H and O–H groups in total. The molecule has 1 fully saturated rings. The van der Waals surface area contributed by atoms with Crippen molar-refractivity contribution >= 4 is 35.4 Å². The number of carbonyl (C=O) groups excluding carboxylic acids is 4. The first-order valence-corrected chi connectivity index (χ1v) is 6.00. The fourth-order valence-electron chi connectivity index (χ4n) is 1.80. The molecule has 0 spiro atoms. The van der Waals surface area contributed by atoms with Crippen LogP contribution < -0.4 is 5.11 Å². The Balaban J connectivity index is 2.29. The van der Waals surface area contributed by atoms with Gasteiger partial charge in [0.2, 0.25) is 0 Å². The van der Waals surface area contributed by atoms with E-state index in [2.05, 4.69) is 0 Å². The van der Waals surface area contributed by atoms with Crippen molar-refractivity contribution in [2.75, 3.05) is 6.54 Å². The number of carboxylic acids is 1. The van der Waals surface area contributed by atoms with E-state index in [9.17, 15) is 28.7 Å². The summed E-state index contributed by atoms with van der Waals surface area (Å²) in [5.41, 5.74) is -0.149. The third-order valence-corrected chi connectivity index (χ3v) is 3.15. The van der Waals surface area contributed by atoms with Crippen LogP contribution in [-0.2, 0) is 20.9 Å². The van der Waals surface area contributed by atoms with Crippen LogP contribution in [0.5, 0.6) is 0 Å². The zero-order chi connectivity index (χ0) is 15.7. The molecule has 1 aromatic rings. The summed E-state index contributed by atoms with van der Waals surface area (Å²) in [7, 11) is 0. The summed E-state index contributed by atoms with van der Waals surface area (Å²) in [6, 6.07) is 2.61. The number of imide groups is 2. The lowest BCUT2D eigenvalue weighted by Crippen LogP contribution is -2.42. The summed E-state index contributed by atoms with van der Waals surface area (Å²) in [5, 5.41) is 10.4. The number of aliphatic carboxylic acids is 1. The topological polar surface area (TPSA) is 97.8 Å². The summed E-state index contributed by atoms with van der Waals surface area (Å²) >= 11 is 5.77. The van der Waals surface area contributed by atoms with E-state index in [1.165, 1.54) is 12.1 Å². The van der Waals surface area contributed by atoms with E-state index in [4.69, 9.17) is 11.6 Å². The first-order chi connectivity index (χ1) is 9.82. The van der Waals surface area contributed by atoms with E-state index in [0.29, 0.717) is 4.90 Å². The fourth-order valence-corrected chi connectivity index (χ4v) is 2.02. The largest absolute Gasteiger partial charge is 0.548 e. The van der Waals surface area contributed by atoms with Crippen LogP contribution in [0.1, 0.15) is 5.56 Å². The van der Waals surface area contributed by atoms with Gasteiger partial charge in [-0.25, -0.2) is 14.1 Å². The maximum Gasteiger partial charge on any atom is 0.334 e. The van der Waals surface area contributed by atoms with Crippen LogP contribution in [0.15, 0.2) is 18.2 Å². The maximum absolute atomic E-state index is 13.6. The van der Waals surface area contributed by atoms with Crippen molar-refractivity contribution in [3.8, 4) is 0 Å². The summed E-state index contributed by atoms with van der Waals surface area (Å²) in [5.74, 6) is -5.01. The third kappa shape index (κ3) is 2.70. The average Bonchev–Trinajstić information content (AvgIpc) is 2.59. The van der Waals surface area contributed by atoms with Crippen molar-refractivity contribution in [1.82, 2.24) is 9.80 Å². The minimum Gasteiger partial charge on any atom is -0.548 e. The Labute approximate surface area is 122 Å². The van der Waals surface area contributed by atoms with Gasteiger partial charge in [0.05, 0.1) is 19.1 Å². The molecule has 4 amide bonds. The highest BCUT2D eigenvalue weighted by Crippen LogP contribution is 2.23. The second kappa shape index (κ2) is 5.49. The molecule has 2 rings (SSSR count). The molecule has 9 heteroatoms. The fraction of sp³-hybridized carbons (Fsp3) is 0.167. The van der Waals surface area contributed by atoms with Crippen LogP contribution in [0.2, 0.25) is 5.02 Å². The number of urea groups is 1. The molecule has 0 unspecified atom stereocenters. The van der Waals surface area contributed by atoms with Crippen molar-refractivity contribution in [2.45, 2.75) is 6.54 Å². The Hall–Kier alpha value is -2.48. The molecule has 0 radical (unpaired) electrons. The Morgan fingerprint density at radius 3 is 2.38 bits per heavy atom. The molecule has 0 saturated carbocycles. The molecule has 1 aromatic carbocycles. The molecule has 1 saturated heterocycles. The number of hydrogen-bond acceptors (Lipinski definition) is 5. The van der Waals surface area contributed by atoms with E-state index in [-0.39, 0.29) is 15.5 Å². The molecule has 1 heterocycles. The molecule has 1 aliphatic heterocycles. The standard InChI is InChI=1S/C12H8ClFN2O5/c13-7-2-1-3-8(14)6(7)4-15-10(19)11(20)16(12(15)21)5-9(17)18/h1-3H,4-5H2,(H,17,18)/p-1. The van der Waals surface area contributed by atoms with Crippen molar-refractivity contribution in [1.29, 1.82) is 0 Å². The van der Waals surface area contributed by atoms with Gasteiger partial charge in [-0.15, -0.1) is 0 Å². The number of benzene rings is 1. The van der Waals surface area contributed by atoms with E-state index in [1.807, 2.05) is 0 Å². The minimum atomic E-state index is -1.70. The summed E-state index contributed by atoms with van der Waals surface area (Å²) in [6.45, 7) is -1.62. The number of amides is 4. The predicted octanol–water partition coefficient (Wildman–Crippen LogP) is -0.480. The molecule has 0 bridgehead atoms. The average molecular weight is 314 g/mol. The normalized spacial score (nSPS) is 15.0. The van der Waals surface area contributed by atoms with Crippen molar-refractivity contribution in [3.05, 3.63) is 34.6 Å². The van der Waals surface area contributed by atoms with Crippen molar-refractivity contribution in [2.24, 2.45) is 0 Å². The Bertz CT molecular complexity index is 643. The first kappa shape index (κ1) is 14.9. The highest BCUT2D eigenvalue weighted by molar-refractivity contribution is 6.45. The summed E-state index contributed by atoms with van der Waals surface area (Å²) < 4.78 is 13.6. The van der Waals surface area contributed by atoms with Crippen molar-refractivity contribution < 1.29 is 28.7 Å². The lowest BCUT2D eigenvalue weighted by molar-refractivity contribution is -0.305. The van der Waals surface area contributed by atoms with E-state index in [0.717, 1.165) is 6.07 Å². The first-order valence-electron chi connectivity index (χ1n) is 5.63. The molecule has 0 aromatic heterocycles. The van der Waals surface area contributed by atoms with Gasteiger partial charge in [-0.1, -0.05) is 17.7 Å². The number of carbonyl (C=O) groups is 4. The Kier molecular flexibility index (Phi) is 3.90. The van der Waals surface area contributed by atoms with Crippen LogP contribution in [0.25, 0.3) is 0 Å². The molecule has 0 atom stereocenters. The number of rotatable bonds is 4. The van der Waals surface area contributed by atoms with Crippen LogP contribution >= 0.6 is 11.6 Å². The van der Waals surface area contributed by atoms with Gasteiger partial charge in [-0.05, 0) is 12.1 Å². The van der Waals surface area contributed by atoms with E-state index < -0.39 is 42.7 Å². The van der Waals surface area contributed by atoms with Crippen LogP contribution in [-0.4, -0.2) is 40.2 Å². The molecule has 1 aliphatic rings. The predicted molar refractivity (Wildman–Crippen MR) is 64.1 cm³/mol. The second-order valence-electron chi connectivity index (χ2n) is 4.14. The molecular formula is C12H7ClFN2O5-. The molecular weight excluding hydrogens is 307 g/mol. The van der Waals surface area contributed by atoms with Gasteiger partial charge in [-0.2, -0.15) is 0 Å². The quantitative estimate of drug-likeness (QED) is 0.552. The zero-order valence-corrected chi connectivity index (χ0v) is 11.1. The van der Waals surface area contributed by atoms with Gasteiger partial charge in [0.25, 0.3) is 0 Å². The van der Waals surface area contributed by atoms with Gasteiger partial charge in [0.15, 0.2) is 0 Å². The smallest absolute Gasteiger partial charge is 0.334 e. The second-order valence-corrected chi connectivity index (χ2v) is 4.54. The lowest BCUT2D eigenvalue weighted by atomic mass is 10.2. The van der Waals surface area contributed by atoms with Gasteiger partial charge in [0.1, 0.15) is 5.82 Å². The molecule has 0 aliphatic carbocycles. The summed E-state index contributed by atoms with van der Waals surface area (Å²) in [6.07, 6.45) is 0. The van der Waals surface area contributed by atoms with Gasteiger partial charge < -0.3 is 9.90 Å². The highest BCUT2D eigenvalue weighted by Gasteiger charge is 2.44. The number of nitrogens with zero attached hydrogens (tertiary/aromatic N) is 2. The van der Waals surface area contributed by atoms with Crippen LogP contribution in [0.3, 0.4) is 0 Å². The molecule has 110 valence electrons. The molecule has 7 nitrogen and oxygen atoms in total. The SMILES string of the molecule is O=C([O-])CN1C(=O)C(=O)N(Cc2c(F)cccc2Cl)C1=O. The lowest BCUT2D eigenvalue weighted by Gasteiger charge is -2.16. The van der Waals surface area contributed by atoms with Crippen LogP contribution in [0.4, 0.5) is 9.18 Å². The monoisotopic (exact) mass is 313 g/mol. The van der Waals surface area contributed by atoms with Gasteiger partial charge >= 0.3 is 17.8 Å². The van der Waals surface area contributed by atoms with Crippen LogP contribution in [0, 0.1) is 5.82 Å². The maximum atomic E-state index is 13.6. The van der Waals surface area contributed by atoms with Crippen molar-refractivity contribution in [3.63, 3.8) is 0 Å². The molecule has 21 heavy (non-hydrogen) atoms. The Morgan fingerprint density at radius 2 is 1.81 bits per heavy atom. The summed E-state index contributed by atoms with van der Waals surface area (Å²) in [4.78, 5) is 46.1.